The van der Waals surface area contributed by atoms with E-state index >= 15 is 0 Å². The molecular formula is C16H16BrClN2OS. The minimum Gasteiger partial charge on any atom is -0.340 e. The SMILES string of the molecule is Cc1csc(C2(NC(=O)c3cc(Br)ccc3Cl)CCCC2)n1. The molecule has 3 rings (SSSR count). The van der Waals surface area contributed by atoms with Crippen LogP contribution in [0.2, 0.25) is 5.02 Å². The van der Waals surface area contributed by atoms with Crippen LogP contribution in [0.25, 0.3) is 0 Å². The Morgan fingerprint density at radius 2 is 2.14 bits per heavy atom. The number of carbonyl (C=O) groups is 1. The molecule has 1 amide bonds. The quantitative estimate of drug-likeness (QED) is 0.783. The van der Waals surface area contributed by atoms with Crippen molar-refractivity contribution in [3.05, 3.63) is 49.3 Å². The number of nitrogens with one attached hydrogen (secondary N) is 1. The minimum atomic E-state index is -0.346. The van der Waals surface area contributed by atoms with Crippen LogP contribution in [0.15, 0.2) is 28.1 Å². The predicted molar refractivity (Wildman–Crippen MR) is 93.6 cm³/mol. The summed E-state index contributed by atoms with van der Waals surface area (Å²) in [6.07, 6.45) is 4.06. The lowest BCUT2D eigenvalue weighted by Crippen LogP contribution is -2.43. The maximum Gasteiger partial charge on any atom is 0.253 e. The molecule has 1 aliphatic rings. The molecule has 0 saturated heterocycles. The standard InChI is InChI=1S/C16H16BrClN2OS/c1-10-9-22-15(19-10)16(6-2-3-7-16)20-14(21)12-8-11(17)4-5-13(12)18/h4-5,8-9H,2-3,6-7H2,1H3,(H,20,21). The molecule has 0 aliphatic heterocycles. The second-order valence-corrected chi connectivity index (χ2v) is 7.84. The van der Waals surface area contributed by atoms with Crippen molar-refractivity contribution < 1.29 is 4.79 Å². The molecule has 0 bridgehead atoms. The van der Waals surface area contributed by atoms with Gasteiger partial charge in [-0.05, 0) is 38.0 Å². The molecule has 1 aromatic carbocycles. The second-order valence-electron chi connectivity index (χ2n) is 5.66. The van der Waals surface area contributed by atoms with E-state index in [-0.39, 0.29) is 11.4 Å². The first-order valence-corrected chi connectivity index (χ1v) is 9.25. The monoisotopic (exact) mass is 398 g/mol. The first kappa shape index (κ1) is 16.0. The zero-order valence-corrected chi connectivity index (χ0v) is 15.3. The summed E-state index contributed by atoms with van der Waals surface area (Å²) >= 11 is 11.2. The number of rotatable bonds is 3. The molecule has 0 atom stereocenters. The molecule has 6 heteroatoms. The molecule has 0 spiro atoms. The number of hydrogen-bond donors (Lipinski definition) is 1. The number of amides is 1. The molecule has 0 unspecified atom stereocenters. The Balaban J connectivity index is 1.91. The lowest BCUT2D eigenvalue weighted by molar-refractivity contribution is 0.0898. The summed E-state index contributed by atoms with van der Waals surface area (Å²) in [5.74, 6) is -0.138. The Morgan fingerprint density at radius 1 is 1.41 bits per heavy atom. The number of thiazole rings is 1. The van der Waals surface area contributed by atoms with Crippen molar-refractivity contribution >= 4 is 44.8 Å². The molecule has 1 heterocycles. The molecule has 1 N–H and O–H groups in total. The van der Waals surface area contributed by atoms with Gasteiger partial charge < -0.3 is 5.32 Å². The highest BCUT2D eigenvalue weighted by molar-refractivity contribution is 9.10. The van der Waals surface area contributed by atoms with Crippen LogP contribution < -0.4 is 5.32 Å². The number of carbonyl (C=O) groups excluding carboxylic acids is 1. The highest BCUT2D eigenvalue weighted by Gasteiger charge is 2.40. The van der Waals surface area contributed by atoms with E-state index in [1.54, 1.807) is 23.5 Å². The molecule has 0 radical (unpaired) electrons. The van der Waals surface area contributed by atoms with Crippen molar-refractivity contribution in [3.63, 3.8) is 0 Å². The number of aryl methyl sites for hydroxylation is 1. The average molecular weight is 400 g/mol. The number of benzene rings is 1. The molecule has 1 aromatic heterocycles. The summed E-state index contributed by atoms with van der Waals surface area (Å²) in [5.41, 5.74) is 1.15. The third-order valence-corrected chi connectivity index (χ3v) is 6.00. The van der Waals surface area contributed by atoms with Gasteiger partial charge in [0.05, 0.1) is 16.1 Å². The fourth-order valence-electron chi connectivity index (χ4n) is 2.90. The Labute approximate surface area is 147 Å². The summed E-state index contributed by atoms with van der Waals surface area (Å²) in [4.78, 5) is 17.3. The Kier molecular flexibility index (Phi) is 4.57. The van der Waals surface area contributed by atoms with Gasteiger partial charge in [0.25, 0.3) is 5.91 Å². The van der Waals surface area contributed by atoms with Crippen molar-refractivity contribution in [1.29, 1.82) is 0 Å². The van der Waals surface area contributed by atoms with E-state index in [0.29, 0.717) is 10.6 Å². The van der Waals surface area contributed by atoms with E-state index in [1.807, 2.05) is 18.4 Å². The fraction of sp³-hybridized carbons (Fsp3) is 0.375. The van der Waals surface area contributed by atoms with Crippen LogP contribution in [0.1, 0.15) is 46.7 Å². The Morgan fingerprint density at radius 3 is 2.77 bits per heavy atom. The summed E-state index contributed by atoms with van der Waals surface area (Å²) in [6, 6.07) is 5.32. The summed E-state index contributed by atoms with van der Waals surface area (Å²) in [6.45, 7) is 1.98. The van der Waals surface area contributed by atoms with Gasteiger partial charge >= 0.3 is 0 Å². The van der Waals surface area contributed by atoms with Crippen molar-refractivity contribution in [1.82, 2.24) is 10.3 Å². The third-order valence-electron chi connectivity index (χ3n) is 4.01. The molecule has 1 fully saturated rings. The second kappa shape index (κ2) is 6.30. The molecule has 2 aromatic rings. The Hall–Kier alpha value is -0.910. The van der Waals surface area contributed by atoms with Gasteiger partial charge in [-0.2, -0.15) is 0 Å². The summed E-state index contributed by atoms with van der Waals surface area (Å²) in [7, 11) is 0. The Bertz CT molecular complexity index is 710. The smallest absolute Gasteiger partial charge is 0.253 e. The van der Waals surface area contributed by atoms with Gasteiger partial charge in [-0.15, -0.1) is 11.3 Å². The van der Waals surface area contributed by atoms with Gasteiger partial charge in [0, 0.05) is 15.5 Å². The molecular weight excluding hydrogens is 384 g/mol. The maximum absolute atomic E-state index is 12.7. The van der Waals surface area contributed by atoms with Crippen LogP contribution in [0.4, 0.5) is 0 Å². The predicted octanol–water partition coefficient (Wildman–Crippen LogP) is 5.07. The number of nitrogens with zero attached hydrogens (tertiary/aromatic N) is 1. The van der Waals surface area contributed by atoms with Crippen molar-refractivity contribution in [3.8, 4) is 0 Å². The summed E-state index contributed by atoms with van der Waals surface area (Å²) in [5, 5.41) is 6.71. The van der Waals surface area contributed by atoms with E-state index in [1.165, 1.54) is 0 Å². The average Bonchev–Trinajstić information content (AvgIpc) is 3.11. The third kappa shape index (κ3) is 3.07. The van der Waals surface area contributed by atoms with Crippen LogP contribution >= 0.6 is 38.9 Å². The molecule has 22 heavy (non-hydrogen) atoms. The largest absolute Gasteiger partial charge is 0.340 e. The first-order valence-electron chi connectivity index (χ1n) is 7.20. The van der Waals surface area contributed by atoms with E-state index in [0.717, 1.165) is 40.9 Å². The van der Waals surface area contributed by atoms with E-state index < -0.39 is 0 Å². The van der Waals surface area contributed by atoms with Gasteiger partial charge in [0.2, 0.25) is 0 Å². The van der Waals surface area contributed by atoms with E-state index in [2.05, 4.69) is 26.2 Å². The molecule has 116 valence electrons. The van der Waals surface area contributed by atoms with Crippen molar-refractivity contribution in [2.24, 2.45) is 0 Å². The van der Waals surface area contributed by atoms with Crippen LogP contribution in [-0.4, -0.2) is 10.9 Å². The molecule has 1 aliphatic carbocycles. The van der Waals surface area contributed by atoms with Crippen LogP contribution in [-0.2, 0) is 5.54 Å². The van der Waals surface area contributed by atoms with Gasteiger partial charge in [0.15, 0.2) is 0 Å². The van der Waals surface area contributed by atoms with Gasteiger partial charge in [0.1, 0.15) is 5.01 Å². The highest BCUT2D eigenvalue weighted by atomic mass is 79.9. The topological polar surface area (TPSA) is 42.0 Å². The maximum atomic E-state index is 12.7. The lowest BCUT2D eigenvalue weighted by Gasteiger charge is -2.28. The molecule has 3 nitrogen and oxygen atoms in total. The van der Waals surface area contributed by atoms with Crippen LogP contribution in [0, 0.1) is 6.92 Å². The van der Waals surface area contributed by atoms with Gasteiger partial charge in [-0.25, -0.2) is 4.98 Å². The molecule has 1 saturated carbocycles. The van der Waals surface area contributed by atoms with Crippen LogP contribution in [0.3, 0.4) is 0 Å². The normalized spacial score (nSPS) is 16.7. The lowest BCUT2D eigenvalue weighted by atomic mass is 9.97. The number of halogens is 2. The van der Waals surface area contributed by atoms with E-state index in [4.69, 9.17) is 11.6 Å². The van der Waals surface area contributed by atoms with Crippen LogP contribution in [0.5, 0.6) is 0 Å². The number of hydrogen-bond acceptors (Lipinski definition) is 3. The van der Waals surface area contributed by atoms with Crippen molar-refractivity contribution in [2.75, 3.05) is 0 Å². The number of aromatic nitrogens is 1. The zero-order valence-electron chi connectivity index (χ0n) is 12.2. The summed E-state index contributed by atoms with van der Waals surface area (Å²) < 4.78 is 0.840. The van der Waals surface area contributed by atoms with Gasteiger partial charge in [-0.1, -0.05) is 40.4 Å². The van der Waals surface area contributed by atoms with E-state index in [9.17, 15) is 4.79 Å². The zero-order chi connectivity index (χ0) is 15.7. The fourth-order valence-corrected chi connectivity index (χ4v) is 4.48. The highest BCUT2D eigenvalue weighted by Crippen LogP contribution is 2.40. The minimum absolute atomic E-state index is 0.138. The van der Waals surface area contributed by atoms with Gasteiger partial charge in [-0.3, -0.25) is 4.79 Å². The first-order chi connectivity index (χ1) is 10.5. The van der Waals surface area contributed by atoms with Crippen molar-refractivity contribution in [2.45, 2.75) is 38.1 Å².